The molecular formula is C19H18O6. The minimum Gasteiger partial charge on any atom is -0.508 e. The lowest BCUT2D eigenvalue weighted by atomic mass is 10.0. The highest BCUT2D eigenvalue weighted by Gasteiger charge is 2.21. The molecule has 1 heterocycles. The van der Waals surface area contributed by atoms with E-state index in [1.165, 1.54) is 19.2 Å². The van der Waals surface area contributed by atoms with Gasteiger partial charge in [0, 0.05) is 17.7 Å². The van der Waals surface area contributed by atoms with Crippen LogP contribution in [0.15, 0.2) is 33.5 Å². The summed E-state index contributed by atoms with van der Waals surface area (Å²) >= 11 is 0. The first-order chi connectivity index (χ1) is 11.8. The summed E-state index contributed by atoms with van der Waals surface area (Å²) in [6, 6.07) is 3.70. The second-order valence-electron chi connectivity index (χ2n) is 6.09. The Kier molecular flexibility index (Phi) is 4.04. The average molecular weight is 342 g/mol. The number of hydrogen-bond acceptors (Lipinski definition) is 6. The van der Waals surface area contributed by atoms with E-state index in [2.05, 4.69) is 0 Å². The van der Waals surface area contributed by atoms with Crippen molar-refractivity contribution in [2.24, 2.45) is 5.92 Å². The molecule has 0 saturated carbocycles. The molecule has 0 unspecified atom stereocenters. The van der Waals surface area contributed by atoms with Gasteiger partial charge in [0.25, 0.3) is 0 Å². The van der Waals surface area contributed by atoms with Gasteiger partial charge in [-0.25, -0.2) is 0 Å². The highest BCUT2D eigenvalue weighted by atomic mass is 16.5. The van der Waals surface area contributed by atoms with Gasteiger partial charge in [0.15, 0.2) is 11.3 Å². The molecular weight excluding hydrogens is 324 g/mol. The van der Waals surface area contributed by atoms with E-state index >= 15 is 0 Å². The van der Waals surface area contributed by atoms with Crippen LogP contribution < -0.4 is 10.2 Å². The van der Waals surface area contributed by atoms with Gasteiger partial charge in [-0.1, -0.05) is 26.0 Å². The maximum Gasteiger partial charge on any atom is 0.208 e. The van der Waals surface area contributed by atoms with Crippen molar-refractivity contribution >= 4 is 28.0 Å². The molecule has 0 aliphatic heterocycles. The molecule has 3 aromatic rings. The van der Waals surface area contributed by atoms with Gasteiger partial charge in [0.05, 0.1) is 7.11 Å². The Labute approximate surface area is 143 Å². The summed E-state index contributed by atoms with van der Waals surface area (Å²) in [5, 5.41) is 29.9. The average Bonchev–Trinajstić information content (AvgIpc) is 2.53. The van der Waals surface area contributed by atoms with Gasteiger partial charge in [0.1, 0.15) is 33.6 Å². The standard InChI is InChI=1S/C19H18O6/c1-9(2)4-5-10-6-13(22)19-16(18(10)24-3)17(23)15-12(21)7-11(20)8-14(15)25-19/h4-9,20-22H,1-3H3/b5-4+. The molecule has 0 fully saturated rings. The van der Waals surface area contributed by atoms with Crippen molar-refractivity contribution in [1.82, 2.24) is 0 Å². The van der Waals surface area contributed by atoms with Crippen molar-refractivity contribution in [1.29, 1.82) is 0 Å². The molecule has 130 valence electrons. The molecule has 3 rings (SSSR count). The zero-order valence-electron chi connectivity index (χ0n) is 14.0. The Hall–Kier alpha value is -3.15. The van der Waals surface area contributed by atoms with E-state index in [0.717, 1.165) is 6.07 Å². The van der Waals surface area contributed by atoms with Crippen LogP contribution in [-0.2, 0) is 0 Å². The number of phenolic OH excluding ortho intramolecular Hbond substituents is 3. The maximum atomic E-state index is 12.9. The molecule has 25 heavy (non-hydrogen) atoms. The van der Waals surface area contributed by atoms with Gasteiger partial charge in [-0.3, -0.25) is 4.79 Å². The van der Waals surface area contributed by atoms with E-state index in [0.29, 0.717) is 5.56 Å². The Morgan fingerprint density at radius 1 is 1.08 bits per heavy atom. The fourth-order valence-corrected chi connectivity index (χ4v) is 2.73. The van der Waals surface area contributed by atoms with Crippen LogP contribution in [0.5, 0.6) is 23.0 Å². The molecule has 6 nitrogen and oxygen atoms in total. The summed E-state index contributed by atoms with van der Waals surface area (Å²) in [5.41, 5.74) is -0.134. The predicted molar refractivity (Wildman–Crippen MR) is 95.4 cm³/mol. The zero-order valence-corrected chi connectivity index (χ0v) is 14.0. The van der Waals surface area contributed by atoms with E-state index in [1.807, 2.05) is 19.9 Å². The molecule has 0 amide bonds. The van der Waals surface area contributed by atoms with E-state index in [4.69, 9.17) is 9.15 Å². The van der Waals surface area contributed by atoms with Gasteiger partial charge < -0.3 is 24.5 Å². The second-order valence-corrected chi connectivity index (χ2v) is 6.09. The molecule has 6 heteroatoms. The molecule has 0 saturated heterocycles. The van der Waals surface area contributed by atoms with Crippen LogP contribution in [0.3, 0.4) is 0 Å². The van der Waals surface area contributed by atoms with Crippen LogP contribution in [0.2, 0.25) is 0 Å². The molecule has 1 aromatic heterocycles. The lowest BCUT2D eigenvalue weighted by molar-refractivity contribution is 0.415. The van der Waals surface area contributed by atoms with Crippen molar-refractivity contribution in [3.05, 3.63) is 40.1 Å². The summed E-state index contributed by atoms with van der Waals surface area (Å²) in [5.74, 6) is -0.387. The maximum absolute atomic E-state index is 12.9. The second kappa shape index (κ2) is 6.05. The van der Waals surface area contributed by atoms with Crippen LogP contribution in [-0.4, -0.2) is 22.4 Å². The first-order valence-electron chi connectivity index (χ1n) is 7.74. The molecule has 0 spiro atoms. The largest absolute Gasteiger partial charge is 0.508 e. The quantitative estimate of drug-likeness (QED) is 0.627. The third-order valence-electron chi connectivity index (χ3n) is 3.84. The van der Waals surface area contributed by atoms with Gasteiger partial charge >= 0.3 is 0 Å². The van der Waals surface area contributed by atoms with Crippen LogP contribution in [0, 0.1) is 5.92 Å². The fraction of sp³-hybridized carbons (Fsp3) is 0.211. The highest BCUT2D eigenvalue weighted by Crippen LogP contribution is 2.39. The predicted octanol–water partition coefficient (Wildman–Crippen LogP) is 3.74. The molecule has 2 aromatic carbocycles. The van der Waals surface area contributed by atoms with Crippen molar-refractivity contribution in [3.8, 4) is 23.0 Å². The third-order valence-corrected chi connectivity index (χ3v) is 3.84. The monoisotopic (exact) mass is 342 g/mol. The fourth-order valence-electron chi connectivity index (χ4n) is 2.73. The van der Waals surface area contributed by atoms with Gasteiger partial charge in [-0.05, 0) is 12.0 Å². The summed E-state index contributed by atoms with van der Waals surface area (Å²) in [4.78, 5) is 12.9. The molecule has 3 N–H and O–H groups in total. The molecule has 0 atom stereocenters. The number of benzene rings is 2. The molecule has 0 aliphatic carbocycles. The van der Waals surface area contributed by atoms with Crippen molar-refractivity contribution in [2.75, 3.05) is 7.11 Å². The Balaban J connectivity index is 2.50. The summed E-state index contributed by atoms with van der Waals surface area (Å²) < 4.78 is 11.0. The number of phenols is 3. The molecule has 0 bridgehead atoms. The minimum atomic E-state index is -0.555. The SMILES string of the molecule is COc1c(/C=C/C(C)C)cc(O)c2oc3cc(O)cc(O)c3c(=O)c12. The Morgan fingerprint density at radius 2 is 1.80 bits per heavy atom. The van der Waals surface area contributed by atoms with Crippen molar-refractivity contribution < 1.29 is 24.5 Å². The van der Waals surface area contributed by atoms with Crippen LogP contribution in [0.1, 0.15) is 19.4 Å². The third kappa shape index (κ3) is 2.76. The van der Waals surface area contributed by atoms with Crippen LogP contribution >= 0.6 is 0 Å². The number of methoxy groups -OCH3 is 1. The van der Waals surface area contributed by atoms with Gasteiger partial charge in [-0.2, -0.15) is 0 Å². The van der Waals surface area contributed by atoms with Gasteiger partial charge in [0.2, 0.25) is 5.43 Å². The lowest BCUT2D eigenvalue weighted by Crippen LogP contribution is -2.05. The number of fused-ring (bicyclic) bond motifs is 2. The van der Waals surface area contributed by atoms with Crippen LogP contribution in [0.4, 0.5) is 0 Å². The Morgan fingerprint density at radius 3 is 2.44 bits per heavy atom. The number of allylic oxidation sites excluding steroid dienone is 1. The van der Waals surface area contributed by atoms with Crippen molar-refractivity contribution in [3.63, 3.8) is 0 Å². The molecule has 0 radical (unpaired) electrons. The number of aromatic hydroxyl groups is 3. The zero-order chi connectivity index (χ0) is 18.3. The van der Waals surface area contributed by atoms with Crippen molar-refractivity contribution in [2.45, 2.75) is 13.8 Å². The summed E-state index contributed by atoms with van der Waals surface area (Å²) in [7, 11) is 1.42. The topological polar surface area (TPSA) is 100 Å². The number of hydrogen-bond donors (Lipinski definition) is 3. The van der Waals surface area contributed by atoms with Crippen LogP contribution in [0.25, 0.3) is 28.0 Å². The highest BCUT2D eigenvalue weighted by molar-refractivity contribution is 6.00. The minimum absolute atomic E-state index is 0.0272. The van der Waals surface area contributed by atoms with E-state index < -0.39 is 11.2 Å². The summed E-state index contributed by atoms with van der Waals surface area (Å²) in [6.07, 6.45) is 3.66. The van der Waals surface area contributed by atoms with E-state index in [1.54, 1.807) is 6.08 Å². The molecule has 0 aliphatic rings. The number of ether oxygens (including phenoxy) is 1. The van der Waals surface area contributed by atoms with E-state index in [-0.39, 0.29) is 45.1 Å². The first kappa shape index (κ1) is 16.7. The lowest BCUT2D eigenvalue weighted by Gasteiger charge is -2.12. The first-order valence-corrected chi connectivity index (χ1v) is 7.74. The van der Waals surface area contributed by atoms with Gasteiger partial charge in [-0.15, -0.1) is 0 Å². The summed E-state index contributed by atoms with van der Waals surface area (Å²) in [6.45, 7) is 3.99. The Bertz CT molecular complexity index is 1060. The number of rotatable bonds is 3. The van der Waals surface area contributed by atoms with E-state index in [9.17, 15) is 20.1 Å². The smallest absolute Gasteiger partial charge is 0.208 e. The normalized spacial score (nSPS) is 11.8.